The van der Waals surface area contributed by atoms with Gasteiger partial charge < -0.3 is 11.1 Å². The third-order valence-corrected chi connectivity index (χ3v) is 3.30. The molecule has 0 spiro atoms. The minimum Gasteiger partial charge on any atom is -0.397 e. The van der Waals surface area contributed by atoms with E-state index < -0.39 is 5.82 Å². The van der Waals surface area contributed by atoms with Gasteiger partial charge in [0, 0.05) is 11.7 Å². The highest BCUT2D eigenvalue weighted by molar-refractivity contribution is 7.21. The van der Waals surface area contributed by atoms with E-state index in [0.717, 1.165) is 0 Å². The maximum absolute atomic E-state index is 13.4. The Labute approximate surface area is 89.7 Å². The largest absolute Gasteiger partial charge is 0.397 e. The average Bonchev–Trinajstić information content (AvgIpc) is 2.56. The maximum Gasteiger partial charge on any atom is 0.263 e. The number of nitrogens with two attached hydrogens (primary N) is 1. The number of hydrogen-bond acceptors (Lipinski definition) is 3. The molecule has 0 aliphatic carbocycles. The van der Waals surface area contributed by atoms with E-state index in [0.29, 0.717) is 15.0 Å². The lowest BCUT2D eigenvalue weighted by Crippen LogP contribution is -2.17. The molecule has 5 heteroatoms. The molecule has 3 N–H and O–H groups in total. The van der Waals surface area contributed by atoms with Gasteiger partial charge >= 0.3 is 0 Å². The van der Waals surface area contributed by atoms with Crippen LogP contribution in [0.15, 0.2) is 18.2 Å². The Morgan fingerprint density at radius 3 is 2.87 bits per heavy atom. The van der Waals surface area contributed by atoms with Crippen molar-refractivity contribution in [2.75, 3.05) is 12.8 Å². The van der Waals surface area contributed by atoms with Crippen LogP contribution in [-0.2, 0) is 0 Å². The standard InChI is InChI=1S/C10H9FN2OS/c1-13-10(14)9-8(12)7-5(11)3-2-4-6(7)15-9/h2-4H,12H2,1H3,(H,13,14). The number of nitrogen functional groups attached to an aromatic ring is 1. The van der Waals surface area contributed by atoms with E-state index in [-0.39, 0.29) is 11.6 Å². The summed E-state index contributed by atoms with van der Waals surface area (Å²) in [5.41, 5.74) is 5.94. The van der Waals surface area contributed by atoms with E-state index in [2.05, 4.69) is 5.32 Å². The summed E-state index contributed by atoms with van der Waals surface area (Å²) >= 11 is 1.19. The Kier molecular flexibility index (Phi) is 2.32. The van der Waals surface area contributed by atoms with Gasteiger partial charge in [0.2, 0.25) is 0 Å². The van der Waals surface area contributed by atoms with Gasteiger partial charge in [0.25, 0.3) is 5.91 Å². The van der Waals surface area contributed by atoms with Gasteiger partial charge in [0.15, 0.2) is 0 Å². The van der Waals surface area contributed by atoms with Crippen molar-refractivity contribution in [2.45, 2.75) is 0 Å². The third-order valence-electron chi connectivity index (χ3n) is 2.13. The Morgan fingerprint density at radius 1 is 1.53 bits per heavy atom. The lowest BCUT2D eigenvalue weighted by atomic mass is 10.2. The van der Waals surface area contributed by atoms with Crippen molar-refractivity contribution in [2.24, 2.45) is 0 Å². The predicted molar refractivity (Wildman–Crippen MR) is 59.6 cm³/mol. The predicted octanol–water partition coefficient (Wildman–Crippen LogP) is 1.98. The summed E-state index contributed by atoms with van der Waals surface area (Å²) in [5.74, 6) is -0.676. The van der Waals surface area contributed by atoms with Crippen molar-refractivity contribution < 1.29 is 9.18 Å². The summed E-state index contributed by atoms with van der Waals surface area (Å²) in [6.45, 7) is 0. The minimum absolute atomic E-state index is 0.215. The zero-order valence-corrected chi connectivity index (χ0v) is 8.82. The van der Waals surface area contributed by atoms with Gasteiger partial charge in [0.05, 0.1) is 11.1 Å². The number of carbonyl (C=O) groups excluding carboxylic acids is 1. The second-order valence-electron chi connectivity index (χ2n) is 3.04. The molecule has 0 atom stereocenters. The fourth-order valence-electron chi connectivity index (χ4n) is 1.41. The summed E-state index contributed by atoms with van der Waals surface area (Å²) < 4.78 is 14.1. The quantitative estimate of drug-likeness (QED) is 0.778. The molecule has 0 bridgehead atoms. The number of anilines is 1. The molecule has 0 fully saturated rings. The number of amides is 1. The molecule has 0 unspecified atom stereocenters. The summed E-state index contributed by atoms with van der Waals surface area (Å²) in [5, 5.41) is 2.81. The van der Waals surface area contributed by atoms with Crippen LogP contribution in [0, 0.1) is 5.82 Å². The van der Waals surface area contributed by atoms with Crippen molar-refractivity contribution in [1.82, 2.24) is 5.32 Å². The molecular formula is C10H9FN2OS. The monoisotopic (exact) mass is 224 g/mol. The van der Waals surface area contributed by atoms with Crippen LogP contribution < -0.4 is 11.1 Å². The molecule has 1 amide bonds. The highest BCUT2D eigenvalue weighted by Gasteiger charge is 2.17. The van der Waals surface area contributed by atoms with Crippen molar-refractivity contribution >= 4 is 33.0 Å². The van der Waals surface area contributed by atoms with Gasteiger partial charge in [-0.3, -0.25) is 4.79 Å². The number of thiophene rings is 1. The number of halogens is 1. The minimum atomic E-state index is -0.392. The second-order valence-corrected chi connectivity index (χ2v) is 4.09. The van der Waals surface area contributed by atoms with E-state index in [1.807, 2.05) is 0 Å². The highest BCUT2D eigenvalue weighted by atomic mass is 32.1. The number of hydrogen-bond donors (Lipinski definition) is 2. The number of carbonyl (C=O) groups is 1. The summed E-state index contributed by atoms with van der Waals surface area (Å²) in [6.07, 6.45) is 0. The molecule has 0 aliphatic rings. The van der Waals surface area contributed by atoms with Crippen LogP contribution in [0.3, 0.4) is 0 Å². The van der Waals surface area contributed by atoms with Crippen LogP contribution in [-0.4, -0.2) is 13.0 Å². The summed E-state index contributed by atoms with van der Waals surface area (Å²) in [7, 11) is 1.52. The van der Waals surface area contributed by atoms with Crippen LogP contribution in [0.4, 0.5) is 10.1 Å². The van der Waals surface area contributed by atoms with Crippen LogP contribution in [0.1, 0.15) is 9.67 Å². The topological polar surface area (TPSA) is 55.1 Å². The van der Waals surface area contributed by atoms with Crippen LogP contribution in [0.25, 0.3) is 10.1 Å². The molecule has 1 aromatic carbocycles. The lowest BCUT2D eigenvalue weighted by Gasteiger charge is -1.97. The molecule has 0 radical (unpaired) electrons. The molecule has 0 saturated heterocycles. The molecule has 0 saturated carbocycles. The second kappa shape index (κ2) is 3.51. The van der Waals surface area contributed by atoms with Gasteiger partial charge in [-0.2, -0.15) is 0 Å². The third kappa shape index (κ3) is 1.45. The van der Waals surface area contributed by atoms with Gasteiger partial charge in [-0.05, 0) is 12.1 Å². The van der Waals surface area contributed by atoms with Gasteiger partial charge in [-0.25, -0.2) is 4.39 Å². The van der Waals surface area contributed by atoms with Crippen molar-refractivity contribution in [3.8, 4) is 0 Å². The van der Waals surface area contributed by atoms with E-state index in [1.165, 1.54) is 24.5 Å². The van der Waals surface area contributed by atoms with Gasteiger partial charge in [-0.15, -0.1) is 11.3 Å². The van der Waals surface area contributed by atoms with Gasteiger partial charge in [0.1, 0.15) is 10.7 Å². The maximum atomic E-state index is 13.4. The summed E-state index contributed by atoms with van der Waals surface area (Å²) in [6, 6.07) is 4.67. The average molecular weight is 224 g/mol. The first-order valence-corrected chi connectivity index (χ1v) is 5.15. The molecule has 1 aromatic heterocycles. The molecule has 78 valence electrons. The zero-order valence-electron chi connectivity index (χ0n) is 8.00. The van der Waals surface area contributed by atoms with E-state index in [4.69, 9.17) is 5.73 Å². The van der Waals surface area contributed by atoms with Crippen LogP contribution in [0.5, 0.6) is 0 Å². The number of fused-ring (bicyclic) bond motifs is 1. The van der Waals surface area contributed by atoms with Crippen molar-refractivity contribution in [3.63, 3.8) is 0 Å². The van der Waals surface area contributed by atoms with E-state index in [9.17, 15) is 9.18 Å². The van der Waals surface area contributed by atoms with Crippen LogP contribution >= 0.6 is 11.3 Å². The van der Waals surface area contributed by atoms with E-state index in [1.54, 1.807) is 12.1 Å². The molecular weight excluding hydrogens is 215 g/mol. The highest BCUT2D eigenvalue weighted by Crippen LogP contribution is 2.34. The first kappa shape index (κ1) is 9.92. The van der Waals surface area contributed by atoms with Gasteiger partial charge in [-0.1, -0.05) is 6.07 Å². The van der Waals surface area contributed by atoms with Crippen molar-refractivity contribution in [3.05, 3.63) is 28.9 Å². The molecule has 1 heterocycles. The number of nitrogens with one attached hydrogen (secondary N) is 1. The number of benzene rings is 1. The normalized spacial score (nSPS) is 10.5. The molecule has 2 aromatic rings. The fourth-order valence-corrected chi connectivity index (χ4v) is 2.49. The molecule has 2 rings (SSSR count). The Hall–Kier alpha value is -1.62. The number of rotatable bonds is 1. The molecule has 3 nitrogen and oxygen atoms in total. The zero-order chi connectivity index (χ0) is 11.0. The molecule has 0 aliphatic heterocycles. The lowest BCUT2D eigenvalue weighted by molar-refractivity contribution is 0.0968. The molecule has 15 heavy (non-hydrogen) atoms. The fraction of sp³-hybridized carbons (Fsp3) is 0.100. The SMILES string of the molecule is CNC(=O)c1sc2cccc(F)c2c1N. The Bertz CT molecular complexity index is 535. The first-order valence-electron chi connectivity index (χ1n) is 4.33. The summed E-state index contributed by atoms with van der Waals surface area (Å²) in [4.78, 5) is 11.8. The van der Waals surface area contributed by atoms with Crippen LogP contribution in [0.2, 0.25) is 0 Å². The first-order chi connectivity index (χ1) is 7.15. The van der Waals surface area contributed by atoms with E-state index >= 15 is 0 Å². The smallest absolute Gasteiger partial charge is 0.263 e. The Morgan fingerprint density at radius 2 is 2.27 bits per heavy atom. The Balaban J connectivity index is 2.75. The van der Waals surface area contributed by atoms with Crippen molar-refractivity contribution in [1.29, 1.82) is 0 Å².